The summed E-state index contributed by atoms with van der Waals surface area (Å²) in [7, 11) is 0. The number of urea groups is 1. The van der Waals surface area contributed by atoms with Gasteiger partial charge in [0.25, 0.3) is 0 Å². The first kappa shape index (κ1) is 22.0. The van der Waals surface area contributed by atoms with Crippen molar-refractivity contribution < 1.29 is 4.79 Å². The minimum absolute atomic E-state index is 0.0792. The molecule has 8 nitrogen and oxygen atoms in total. The molecule has 1 N–H and O–H groups in total. The van der Waals surface area contributed by atoms with Crippen molar-refractivity contribution in [2.24, 2.45) is 0 Å². The van der Waals surface area contributed by atoms with Gasteiger partial charge < -0.3 is 15.1 Å². The summed E-state index contributed by atoms with van der Waals surface area (Å²) in [5.41, 5.74) is 4.63. The van der Waals surface area contributed by atoms with Crippen molar-refractivity contribution in [3.05, 3.63) is 84.4 Å². The molecule has 1 aliphatic heterocycles. The monoisotopic (exact) mass is 477 g/mol. The third kappa shape index (κ3) is 4.11. The molecule has 2 aromatic heterocycles. The second-order valence-electron chi connectivity index (χ2n) is 9.10. The molecule has 0 unspecified atom stereocenters. The molecule has 180 valence electrons. The van der Waals surface area contributed by atoms with Gasteiger partial charge in [-0.1, -0.05) is 54.1 Å². The second kappa shape index (κ2) is 9.30. The predicted octanol–water partition coefficient (Wildman–Crippen LogP) is 5.00. The first-order valence-electron chi connectivity index (χ1n) is 12.2. The number of carbonyl (C=O) groups excluding carboxylic acids is 1. The maximum absolute atomic E-state index is 12.9. The highest BCUT2D eigenvalue weighted by molar-refractivity contribution is 5.93. The van der Waals surface area contributed by atoms with E-state index in [-0.39, 0.29) is 6.03 Å². The van der Waals surface area contributed by atoms with Crippen molar-refractivity contribution >= 4 is 34.2 Å². The van der Waals surface area contributed by atoms with Crippen LogP contribution in [0, 0.1) is 6.92 Å². The van der Waals surface area contributed by atoms with Gasteiger partial charge in [-0.3, -0.25) is 0 Å². The number of fused-ring (bicyclic) bond motifs is 3. The van der Waals surface area contributed by atoms with E-state index < -0.39 is 0 Å². The Bertz CT molecular complexity index is 1550. The quantitative estimate of drug-likeness (QED) is 0.396. The van der Waals surface area contributed by atoms with Crippen LogP contribution in [-0.2, 0) is 0 Å². The molecule has 1 saturated heterocycles. The zero-order chi connectivity index (χ0) is 24.5. The van der Waals surface area contributed by atoms with Gasteiger partial charge >= 0.3 is 6.03 Å². The fraction of sp³-hybridized carbons (Fsp3) is 0.214. The van der Waals surface area contributed by atoms with Gasteiger partial charge in [0.15, 0.2) is 11.5 Å². The number of rotatable bonds is 3. The van der Waals surface area contributed by atoms with Crippen molar-refractivity contribution in [3.8, 4) is 11.4 Å². The van der Waals surface area contributed by atoms with Crippen LogP contribution in [0.2, 0.25) is 0 Å². The van der Waals surface area contributed by atoms with Gasteiger partial charge in [-0.25, -0.2) is 14.2 Å². The summed E-state index contributed by atoms with van der Waals surface area (Å²) in [6.07, 6.45) is 0.833. The first-order valence-corrected chi connectivity index (χ1v) is 12.2. The van der Waals surface area contributed by atoms with Gasteiger partial charge in [0.2, 0.25) is 5.95 Å². The standard InChI is InChI=1S/C28H27N7O/c1-20-9-7-10-21(19-20)25-31-32-26-23-13-5-6-14-24(23)30-27(35(25)26)33-15-8-16-34(18-17-33)28(36)29-22-11-3-2-4-12-22/h2-7,9-14,19H,8,15-18H2,1H3,(H,29,36). The van der Waals surface area contributed by atoms with Crippen molar-refractivity contribution in [2.45, 2.75) is 13.3 Å². The van der Waals surface area contributed by atoms with Crippen LogP contribution in [0.5, 0.6) is 0 Å². The number of para-hydroxylation sites is 2. The number of nitrogens with zero attached hydrogens (tertiary/aromatic N) is 6. The molecular formula is C28H27N7O. The van der Waals surface area contributed by atoms with Crippen LogP contribution >= 0.6 is 0 Å². The van der Waals surface area contributed by atoms with E-state index in [1.54, 1.807) is 0 Å². The Balaban J connectivity index is 1.36. The molecule has 0 aliphatic carbocycles. The molecule has 1 aliphatic rings. The largest absolute Gasteiger partial charge is 0.340 e. The SMILES string of the molecule is Cc1cccc(-c2nnc3c4ccccc4nc(N4CCCN(C(=O)Nc5ccccc5)CC4)n23)c1. The summed E-state index contributed by atoms with van der Waals surface area (Å²) >= 11 is 0. The molecule has 0 atom stereocenters. The molecule has 0 radical (unpaired) electrons. The Morgan fingerprint density at radius 1 is 0.861 bits per heavy atom. The van der Waals surface area contributed by atoms with Crippen molar-refractivity contribution in [1.29, 1.82) is 0 Å². The van der Waals surface area contributed by atoms with Gasteiger partial charge in [0.1, 0.15) is 0 Å². The third-order valence-corrected chi connectivity index (χ3v) is 6.60. The number of hydrogen-bond donors (Lipinski definition) is 1. The summed E-state index contributed by atoms with van der Waals surface area (Å²) in [6, 6.07) is 25.8. The van der Waals surface area contributed by atoms with E-state index >= 15 is 0 Å². The lowest BCUT2D eigenvalue weighted by atomic mass is 10.1. The average Bonchev–Trinajstić information content (AvgIpc) is 3.20. The van der Waals surface area contributed by atoms with Crippen molar-refractivity contribution in [2.75, 3.05) is 36.4 Å². The van der Waals surface area contributed by atoms with E-state index in [4.69, 9.17) is 4.98 Å². The molecule has 0 bridgehead atoms. The number of carbonyl (C=O) groups is 1. The van der Waals surface area contributed by atoms with Crippen LogP contribution in [0.3, 0.4) is 0 Å². The third-order valence-electron chi connectivity index (χ3n) is 6.60. The average molecular weight is 478 g/mol. The molecule has 8 heteroatoms. The Morgan fingerprint density at radius 3 is 2.56 bits per heavy atom. The van der Waals surface area contributed by atoms with E-state index in [2.05, 4.69) is 49.9 Å². The number of aromatic nitrogens is 4. The molecule has 6 rings (SSSR count). The van der Waals surface area contributed by atoms with Gasteiger partial charge in [-0.05, 0) is 43.7 Å². The van der Waals surface area contributed by atoms with Crippen LogP contribution in [0.1, 0.15) is 12.0 Å². The number of aryl methyl sites for hydroxylation is 1. The minimum Gasteiger partial charge on any atom is -0.340 e. The Morgan fingerprint density at radius 2 is 1.69 bits per heavy atom. The van der Waals surface area contributed by atoms with E-state index in [1.165, 1.54) is 0 Å². The second-order valence-corrected chi connectivity index (χ2v) is 9.10. The summed E-state index contributed by atoms with van der Waals surface area (Å²) < 4.78 is 2.07. The van der Waals surface area contributed by atoms with E-state index in [9.17, 15) is 4.79 Å². The highest BCUT2D eigenvalue weighted by Crippen LogP contribution is 2.29. The predicted molar refractivity (Wildman–Crippen MR) is 142 cm³/mol. The lowest BCUT2D eigenvalue weighted by molar-refractivity contribution is 0.215. The molecule has 2 amide bonds. The highest BCUT2D eigenvalue weighted by Gasteiger charge is 2.24. The Hall–Kier alpha value is -4.46. The van der Waals surface area contributed by atoms with Crippen LogP contribution in [-0.4, -0.2) is 56.7 Å². The highest BCUT2D eigenvalue weighted by atomic mass is 16.2. The van der Waals surface area contributed by atoms with Gasteiger partial charge in [0, 0.05) is 42.8 Å². The number of amides is 2. The van der Waals surface area contributed by atoms with E-state index in [0.29, 0.717) is 19.6 Å². The molecule has 36 heavy (non-hydrogen) atoms. The first-order chi connectivity index (χ1) is 17.7. The van der Waals surface area contributed by atoms with Gasteiger partial charge in [-0.2, -0.15) is 0 Å². The van der Waals surface area contributed by atoms with Crippen molar-refractivity contribution in [1.82, 2.24) is 24.5 Å². The normalized spacial score (nSPS) is 14.2. The molecular weight excluding hydrogens is 450 g/mol. The summed E-state index contributed by atoms with van der Waals surface area (Å²) in [4.78, 5) is 22.1. The lowest BCUT2D eigenvalue weighted by Gasteiger charge is -2.24. The van der Waals surface area contributed by atoms with Crippen LogP contribution in [0.4, 0.5) is 16.4 Å². The summed E-state index contributed by atoms with van der Waals surface area (Å²) in [5, 5.41) is 13.2. The Kier molecular flexibility index (Phi) is 5.69. The minimum atomic E-state index is -0.0792. The van der Waals surface area contributed by atoms with Gasteiger partial charge in [0.05, 0.1) is 5.52 Å². The van der Waals surface area contributed by atoms with Crippen molar-refractivity contribution in [3.63, 3.8) is 0 Å². The Labute approximate surface area is 209 Å². The molecule has 0 saturated carbocycles. The van der Waals surface area contributed by atoms with Crippen LogP contribution in [0.25, 0.3) is 27.9 Å². The fourth-order valence-corrected chi connectivity index (χ4v) is 4.79. The van der Waals surface area contributed by atoms with E-state index in [0.717, 1.165) is 58.1 Å². The molecule has 3 heterocycles. The lowest BCUT2D eigenvalue weighted by Crippen LogP contribution is -2.38. The van der Waals surface area contributed by atoms with E-state index in [1.807, 2.05) is 65.6 Å². The van der Waals surface area contributed by atoms with Crippen LogP contribution in [0.15, 0.2) is 78.9 Å². The molecule has 5 aromatic rings. The molecule has 0 spiro atoms. The summed E-state index contributed by atoms with van der Waals surface area (Å²) in [5.74, 6) is 1.57. The number of benzene rings is 3. The zero-order valence-corrected chi connectivity index (χ0v) is 20.1. The number of nitrogens with one attached hydrogen (secondary N) is 1. The zero-order valence-electron chi connectivity index (χ0n) is 20.1. The number of anilines is 2. The number of hydrogen-bond acceptors (Lipinski definition) is 5. The smallest absolute Gasteiger partial charge is 0.321 e. The fourth-order valence-electron chi connectivity index (χ4n) is 4.79. The maximum atomic E-state index is 12.9. The molecule has 3 aromatic carbocycles. The van der Waals surface area contributed by atoms with Crippen LogP contribution < -0.4 is 10.2 Å². The topological polar surface area (TPSA) is 78.7 Å². The summed E-state index contributed by atoms with van der Waals surface area (Å²) in [6.45, 7) is 4.79. The maximum Gasteiger partial charge on any atom is 0.321 e. The molecule has 1 fully saturated rings. The van der Waals surface area contributed by atoms with Gasteiger partial charge in [-0.15, -0.1) is 10.2 Å².